The first-order valence-corrected chi connectivity index (χ1v) is 14.1. The van der Waals surface area contributed by atoms with Crippen LogP contribution in [0.15, 0.2) is 0 Å². The molecule has 190 valence electrons. The molecule has 0 bridgehead atoms. The van der Waals surface area contributed by atoms with Crippen molar-refractivity contribution < 1.29 is 15.3 Å². The molecule has 3 nitrogen and oxygen atoms in total. The van der Waals surface area contributed by atoms with Crippen molar-refractivity contribution in [2.24, 2.45) is 56.2 Å². The molecule has 5 aliphatic carbocycles. The van der Waals surface area contributed by atoms with Gasteiger partial charge in [0.2, 0.25) is 0 Å². The molecule has 0 aromatic carbocycles. The standard InChI is InChI=1S/C30H52O3/c1-25(2)12-14-30(18-31)15-13-29(7)24(19(30)17-25)20(32)16-22-27(5)10-9-23(33)26(3,4)21(27)8-11-28(22,29)6/h19-24,31-33H,8-18H2,1-7H3/t19-,20-,21?,22+,23-,24-,27-,28+,29+,30+/m0/s1. The van der Waals surface area contributed by atoms with Gasteiger partial charge < -0.3 is 15.3 Å². The molecule has 0 aliphatic heterocycles. The zero-order valence-electron chi connectivity index (χ0n) is 22.6. The number of aliphatic hydroxyl groups is 3. The van der Waals surface area contributed by atoms with Gasteiger partial charge in [-0.2, -0.15) is 0 Å². The summed E-state index contributed by atoms with van der Waals surface area (Å²) in [6.45, 7) is 17.4. The summed E-state index contributed by atoms with van der Waals surface area (Å²) in [5, 5.41) is 33.6. The third-order valence-electron chi connectivity index (χ3n) is 13.7. The lowest BCUT2D eigenvalue weighted by Crippen LogP contribution is -2.70. The third kappa shape index (κ3) is 3.03. The minimum absolute atomic E-state index is 0.0158. The van der Waals surface area contributed by atoms with Crippen molar-refractivity contribution >= 4 is 0 Å². The van der Waals surface area contributed by atoms with E-state index in [0.717, 1.165) is 44.9 Å². The van der Waals surface area contributed by atoms with Gasteiger partial charge in [-0.25, -0.2) is 0 Å². The van der Waals surface area contributed by atoms with Crippen LogP contribution >= 0.6 is 0 Å². The normalized spacial score (nSPS) is 57.3. The Labute approximate surface area is 203 Å². The van der Waals surface area contributed by atoms with Gasteiger partial charge in [-0.3, -0.25) is 0 Å². The molecule has 5 saturated carbocycles. The van der Waals surface area contributed by atoms with E-state index in [0.29, 0.717) is 35.7 Å². The summed E-state index contributed by atoms with van der Waals surface area (Å²) in [4.78, 5) is 0. The highest BCUT2D eigenvalue weighted by atomic mass is 16.3. The SMILES string of the molecule is CC1(C)CC[C@]2(CO)CC[C@]3(C)[C@H]([C@@H](O)C[C@@H]4[C@@]5(C)CC[C@H](O)C(C)(C)C5CC[C@]43C)[C@@H]2C1. The highest BCUT2D eigenvalue weighted by Gasteiger charge is 2.71. The molecule has 0 radical (unpaired) electrons. The zero-order valence-corrected chi connectivity index (χ0v) is 22.6. The number of aliphatic hydroxyl groups excluding tert-OH is 3. The van der Waals surface area contributed by atoms with E-state index in [4.69, 9.17) is 0 Å². The zero-order chi connectivity index (χ0) is 24.2. The maximum Gasteiger partial charge on any atom is 0.0594 e. The van der Waals surface area contributed by atoms with Gasteiger partial charge in [0, 0.05) is 6.61 Å². The van der Waals surface area contributed by atoms with Crippen LogP contribution in [0.3, 0.4) is 0 Å². The van der Waals surface area contributed by atoms with Gasteiger partial charge in [0.05, 0.1) is 12.2 Å². The molecule has 5 rings (SSSR count). The molecule has 0 aromatic rings. The molecule has 33 heavy (non-hydrogen) atoms. The van der Waals surface area contributed by atoms with E-state index in [2.05, 4.69) is 48.5 Å². The van der Waals surface area contributed by atoms with Crippen LogP contribution in [0.25, 0.3) is 0 Å². The van der Waals surface area contributed by atoms with E-state index in [1.54, 1.807) is 0 Å². The molecular weight excluding hydrogens is 408 g/mol. The van der Waals surface area contributed by atoms with Crippen LogP contribution in [-0.4, -0.2) is 34.1 Å². The number of fused-ring (bicyclic) bond motifs is 7. The molecular formula is C30H52O3. The predicted molar refractivity (Wildman–Crippen MR) is 134 cm³/mol. The lowest BCUT2D eigenvalue weighted by molar-refractivity contribution is -0.281. The van der Waals surface area contributed by atoms with Crippen molar-refractivity contribution in [2.75, 3.05) is 6.61 Å². The largest absolute Gasteiger partial charge is 0.396 e. The predicted octanol–water partition coefficient (Wildman–Crippen LogP) is 6.19. The van der Waals surface area contributed by atoms with E-state index in [9.17, 15) is 15.3 Å². The van der Waals surface area contributed by atoms with Gasteiger partial charge in [0.15, 0.2) is 0 Å². The molecule has 3 heteroatoms. The average Bonchev–Trinajstić information content (AvgIpc) is 2.72. The second kappa shape index (κ2) is 7.22. The first-order valence-electron chi connectivity index (χ1n) is 14.1. The highest BCUT2D eigenvalue weighted by molar-refractivity contribution is 5.20. The van der Waals surface area contributed by atoms with Gasteiger partial charge in [-0.1, -0.05) is 48.5 Å². The molecule has 0 spiro atoms. The van der Waals surface area contributed by atoms with E-state index in [-0.39, 0.29) is 39.3 Å². The summed E-state index contributed by atoms with van der Waals surface area (Å²) in [5.74, 6) is 1.74. The fraction of sp³-hybridized carbons (Fsp3) is 1.00. The van der Waals surface area contributed by atoms with E-state index in [1.165, 1.54) is 19.3 Å². The van der Waals surface area contributed by atoms with E-state index < -0.39 is 0 Å². The van der Waals surface area contributed by atoms with Crippen LogP contribution < -0.4 is 0 Å². The van der Waals surface area contributed by atoms with Gasteiger partial charge in [0.25, 0.3) is 0 Å². The van der Waals surface area contributed by atoms with Crippen LogP contribution in [0.1, 0.15) is 113 Å². The lowest BCUT2D eigenvalue weighted by Gasteiger charge is -2.74. The Kier molecular flexibility index (Phi) is 5.38. The van der Waals surface area contributed by atoms with Crippen molar-refractivity contribution in [3.05, 3.63) is 0 Å². The Balaban J connectivity index is 1.57. The quantitative estimate of drug-likeness (QED) is 0.437. The van der Waals surface area contributed by atoms with E-state index in [1.807, 2.05) is 0 Å². The molecule has 5 aliphatic rings. The van der Waals surface area contributed by atoms with Crippen molar-refractivity contribution in [1.29, 1.82) is 0 Å². The first-order chi connectivity index (χ1) is 15.2. The first kappa shape index (κ1) is 24.6. The molecule has 0 amide bonds. The second-order valence-corrected chi connectivity index (χ2v) is 15.7. The Morgan fingerprint density at radius 2 is 1.39 bits per heavy atom. The van der Waals surface area contributed by atoms with Crippen molar-refractivity contribution in [1.82, 2.24) is 0 Å². The van der Waals surface area contributed by atoms with Crippen LogP contribution in [0.4, 0.5) is 0 Å². The lowest BCUT2D eigenvalue weighted by atomic mass is 9.31. The summed E-state index contributed by atoms with van der Waals surface area (Å²) >= 11 is 0. The number of hydrogen-bond donors (Lipinski definition) is 3. The van der Waals surface area contributed by atoms with Crippen LogP contribution in [-0.2, 0) is 0 Å². The third-order valence-corrected chi connectivity index (χ3v) is 13.7. The molecule has 5 fully saturated rings. The minimum atomic E-state index is -0.274. The maximum atomic E-state index is 12.0. The van der Waals surface area contributed by atoms with Gasteiger partial charge >= 0.3 is 0 Å². The number of hydrogen-bond acceptors (Lipinski definition) is 3. The molecule has 3 N–H and O–H groups in total. The summed E-state index contributed by atoms with van der Waals surface area (Å²) in [6.07, 6.45) is 10.6. The van der Waals surface area contributed by atoms with Crippen molar-refractivity contribution in [2.45, 2.75) is 125 Å². The Morgan fingerprint density at radius 1 is 0.727 bits per heavy atom. The highest BCUT2D eigenvalue weighted by Crippen LogP contribution is 2.76. The van der Waals surface area contributed by atoms with Crippen molar-refractivity contribution in [3.8, 4) is 0 Å². The molecule has 0 aromatic heterocycles. The monoisotopic (exact) mass is 460 g/mol. The minimum Gasteiger partial charge on any atom is -0.396 e. The summed E-state index contributed by atoms with van der Waals surface area (Å²) in [7, 11) is 0. The molecule has 0 heterocycles. The molecule has 0 saturated heterocycles. The maximum absolute atomic E-state index is 12.0. The summed E-state index contributed by atoms with van der Waals surface area (Å²) < 4.78 is 0. The topological polar surface area (TPSA) is 60.7 Å². The smallest absolute Gasteiger partial charge is 0.0594 e. The Hall–Kier alpha value is -0.120. The van der Waals surface area contributed by atoms with Gasteiger partial charge in [0.1, 0.15) is 0 Å². The summed E-state index contributed by atoms with van der Waals surface area (Å²) in [6, 6.07) is 0. The van der Waals surface area contributed by atoms with Crippen LogP contribution in [0.5, 0.6) is 0 Å². The fourth-order valence-electron chi connectivity index (χ4n) is 11.4. The van der Waals surface area contributed by atoms with E-state index >= 15 is 0 Å². The Bertz CT molecular complexity index is 789. The Morgan fingerprint density at radius 3 is 2.06 bits per heavy atom. The fourth-order valence-corrected chi connectivity index (χ4v) is 11.4. The van der Waals surface area contributed by atoms with Gasteiger partial charge in [-0.15, -0.1) is 0 Å². The van der Waals surface area contributed by atoms with Crippen LogP contribution in [0.2, 0.25) is 0 Å². The molecule has 10 atom stereocenters. The average molecular weight is 461 g/mol. The summed E-state index contributed by atoms with van der Waals surface area (Å²) in [5.41, 5.74) is 0.767. The van der Waals surface area contributed by atoms with Crippen molar-refractivity contribution in [3.63, 3.8) is 0 Å². The van der Waals surface area contributed by atoms with Crippen LogP contribution in [0, 0.1) is 56.2 Å². The second-order valence-electron chi connectivity index (χ2n) is 15.7. The molecule has 1 unspecified atom stereocenters. The van der Waals surface area contributed by atoms with Gasteiger partial charge in [-0.05, 0) is 120 Å². The number of rotatable bonds is 1.